The summed E-state index contributed by atoms with van der Waals surface area (Å²) in [6, 6.07) is 11.4. The topological polar surface area (TPSA) is 67.6 Å². The van der Waals surface area contributed by atoms with Gasteiger partial charge in [-0.2, -0.15) is 5.10 Å². The van der Waals surface area contributed by atoms with Crippen LogP contribution in [-0.2, 0) is 0 Å². The number of likely N-dealkylation sites (tertiary alicyclic amines) is 1. The van der Waals surface area contributed by atoms with Crippen LogP contribution in [0.4, 0.5) is 0 Å². The minimum atomic E-state index is -0.914. The molecule has 0 saturated carbocycles. The standard InChI is InChI=1S/C20H27N3O3/c1-16(2)23-18(9-12-21-23)19(24)22-13-6-10-20(25,11-14-22)15-26-17-7-4-3-5-8-17/h3-5,7-9,12,16,25H,6,10-11,13-15H2,1-2H3. The van der Waals surface area contributed by atoms with Crippen molar-refractivity contribution in [2.75, 3.05) is 19.7 Å². The van der Waals surface area contributed by atoms with E-state index in [1.807, 2.05) is 49.1 Å². The number of carbonyl (C=O) groups excluding carboxylic acids is 1. The Bertz CT molecular complexity index is 729. The Hall–Kier alpha value is -2.34. The molecule has 3 rings (SSSR count). The SMILES string of the molecule is CC(C)n1nccc1C(=O)N1CCCC(O)(COc2ccccc2)CC1. The first-order valence-electron chi connectivity index (χ1n) is 9.21. The highest BCUT2D eigenvalue weighted by Crippen LogP contribution is 2.25. The lowest BCUT2D eigenvalue weighted by atomic mass is 9.96. The minimum absolute atomic E-state index is 0.0237. The maximum absolute atomic E-state index is 12.9. The molecule has 6 heteroatoms. The van der Waals surface area contributed by atoms with Gasteiger partial charge in [0.2, 0.25) is 0 Å². The number of amides is 1. The molecule has 1 saturated heterocycles. The van der Waals surface area contributed by atoms with Gasteiger partial charge in [0.25, 0.3) is 5.91 Å². The summed E-state index contributed by atoms with van der Waals surface area (Å²) in [7, 11) is 0. The van der Waals surface area contributed by atoms with Crippen LogP contribution in [0.25, 0.3) is 0 Å². The first-order valence-corrected chi connectivity index (χ1v) is 9.21. The first-order chi connectivity index (χ1) is 12.5. The number of para-hydroxylation sites is 1. The smallest absolute Gasteiger partial charge is 0.272 e. The van der Waals surface area contributed by atoms with Crippen LogP contribution in [0.15, 0.2) is 42.6 Å². The monoisotopic (exact) mass is 357 g/mol. The summed E-state index contributed by atoms with van der Waals surface area (Å²) in [5.41, 5.74) is -0.311. The van der Waals surface area contributed by atoms with Crippen molar-refractivity contribution < 1.29 is 14.6 Å². The minimum Gasteiger partial charge on any atom is -0.491 e. The molecule has 1 unspecified atom stereocenters. The van der Waals surface area contributed by atoms with E-state index in [1.165, 1.54) is 0 Å². The van der Waals surface area contributed by atoms with Crippen LogP contribution in [0.1, 0.15) is 49.6 Å². The largest absolute Gasteiger partial charge is 0.491 e. The number of benzene rings is 1. The van der Waals surface area contributed by atoms with E-state index in [-0.39, 0.29) is 18.6 Å². The number of carbonyl (C=O) groups is 1. The van der Waals surface area contributed by atoms with Crippen LogP contribution in [0.2, 0.25) is 0 Å². The molecule has 1 aliphatic heterocycles. The molecule has 0 bridgehead atoms. The van der Waals surface area contributed by atoms with E-state index in [4.69, 9.17) is 4.74 Å². The van der Waals surface area contributed by atoms with Gasteiger partial charge in [-0.25, -0.2) is 0 Å². The molecule has 26 heavy (non-hydrogen) atoms. The summed E-state index contributed by atoms with van der Waals surface area (Å²) in [6.45, 7) is 5.40. The van der Waals surface area contributed by atoms with Crippen molar-refractivity contribution in [1.82, 2.24) is 14.7 Å². The third-order valence-corrected chi connectivity index (χ3v) is 4.83. The predicted octanol–water partition coefficient (Wildman–Crippen LogP) is 2.90. The fourth-order valence-corrected chi connectivity index (χ4v) is 3.32. The van der Waals surface area contributed by atoms with Crippen molar-refractivity contribution in [1.29, 1.82) is 0 Å². The van der Waals surface area contributed by atoms with Crippen LogP contribution < -0.4 is 4.74 Å². The van der Waals surface area contributed by atoms with E-state index in [2.05, 4.69) is 5.10 Å². The molecule has 1 aromatic heterocycles. The second-order valence-corrected chi connectivity index (χ2v) is 7.23. The van der Waals surface area contributed by atoms with Gasteiger partial charge in [-0.05, 0) is 51.3 Å². The summed E-state index contributed by atoms with van der Waals surface area (Å²) in [4.78, 5) is 14.7. The molecule has 1 aliphatic rings. The molecular formula is C20H27N3O3. The van der Waals surface area contributed by atoms with Crippen molar-refractivity contribution in [2.45, 2.75) is 44.8 Å². The second-order valence-electron chi connectivity index (χ2n) is 7.23. The highest BCUT2D eigenvalue weighted by molar-refractivity contribution is 5.92. The van der Waals surface area contributed by atoms with Crippen LogP contribution in [0, 0.1) is 0 Å². The van der Waals surface area contributed by atoms with Crippen LogP contribution >= 0.6 is 0 Å². The zero-order valence-corrected chi connectivity index (χ0v) is 15.5. The Balaban J connectivity index is 1.62. The van der Waals surface area contributed by atoms with E-state index in [9.17, 15) is 9.90 Å². The fraction of sp³-hybridized carbons (Fsp3) is 0.500. The lowest BCUT2D eigenvalue weighted by Crippen LogP contribution is -2.38. The number of ether oxygens (including phenoxy) is 1. The summed E-state index contributed by atoms with van der Waals surface area (Å²) >= 11 is 0. The summed E-state index contributed by atoms with van der Waals surface area (Å²) in [5, 5.41) is 15.2. The molecule has 0 aliphatic carbocycles. The van der Waals surface area contributed by atoms with Crippen LogP contribution in [0.5, 0.6) is 5.75 Å². The molecular weight excluding hydrogens is 330 g/mol. The Labute approximate surface area is 154 Å². The third-order valence-electron chi connectivity index (χ3n) is 4.83. The lowest BCUT2D eigenvalue weighted by Gasteiger charge is -2.27. The van der Waals surface area contributed by atoms with E-state index < -0.39 is 5.60 Å². The van der Waals surface area contributed by atoms with Gasteiger partial charge < -0.3 is 14.7 Å². The average Bonchev–Trinajstić information content (AvgIpc) is 3.05. The van der Waals surface area contributed by atoms with E-state index in [0.29, 0.717) is 31.6 Å². The van der Waals surface area contributed by atoms with Crippen molar-refractivity contribution in [3.8, 4) is 5.75 Å². The van der Waals surface area contributed by atoms with Gasteiger partial charge in [-0.1, -0.05) is 18.2 Å². The fourth-order valence-electron chi connectivity index (χ4n) is 3.32. The normalized spacial score (nSPS) is 20.8. The lowest BCUT2D eigenvalue weighted by molar-refractivity contribution is -0.0163. The van der Waals surface area contributed by atoms with E-state index in [1.54, 1.807) is 16.9 Å². The van der Waals surface area contributed by atoms with Gasteiger partial charge in [0.15, 0.2) is 0 Å². The number of aromatic nitrogens is 2. The molecule has 1 aromatic carbocycles. The molecule has 2 aromatic rings. The first kappa shape index (κ1) is 18.5. The van der Waals surface area contributed by atoms with Gasteiger partial charge in [0.05, 0.1) is 0 Å². The number of aliphatic hydroxyl groups is 1. The molecule has 2 heterocycles. The molecule has 140 valence electrons. The summed E-state index contributed by atoms with van der Waals surface area (Å²) in [6.07, 6.45) is 3.53. The third kappa shape index (κ3) is 4.25. The Kier molecular flexibility index (Phi) is 5.61. The van der Waals surface area contributed by atoms with Crippen molar-refractivity contribution in [3.05, 3.63) is 48.3 Å². The van der Waals surface area contributed by atoms with Gasteiger partial charge >= 0.3 is 0 Å². The van der Waals surface area contributed by atoms with Crippen molar-refractivity contribution >= 4 is 5.91 Å². The van der Waals surface area contributed by atoms with Gasteiger partial charge in [-0.15, -0.1) is 0 Å². The molecule has 1 fully saturated rings. The molecule has 1 N–H and O–H groups in total. The predicted molar refractivity (Wildman–Crippen MR) is 99.3 cm³/mol. The summed E-state index contributed by atoms with van der Waals surface area (Å²) < 4.78 is 7.50. The Morgan fingerprint density at radius 1 is 1.23 bits per heavy atom. The van der Waals surface area contributed by atoms with Crippen LogP contribution in [0.3, 0.4) is 0 Å². The number of hydrogen-bond donors (Lipinski definition) is 1. The van der Waals surface area contributed by atoms with E-state index >= 15 is 0 Å². The highest BCUT2D eigenvalue weighted by Gasteiger charge is 2.33. The molecule has 6 nitrogen and oxygen atoms in total. The molecule has 0 radical (unpaired) electrons. The van der Waals surface area contributed by atoms with Crippen molar-refractivity contribution in [2.24, 2.45) is 0 Å². The zero-order valence-electron chi connectivity index (χ0n) is 15.5. The summed E-state index contributed by atoms with van der Waals surface area (Å²) in [5.74, 6) is 0.725. The van der Waals surface area contributed by atoms with Gasteiger partial charge in [-0.3, -0.25) is 9.48 Å². The van der Waals surface area contributed by atoms with Crippen molar-refractivity contribution in [3.63, 3.8) is 0 Å². The molecule has 1 amide bonds. The maximum atomic E-state index is 12.9. The number of hydrogen-bond acceptors (Lipinski definition) is 4. The number of rotatable bonds is 5. The van der Waals surface area contributed by atoms with Gasteiger partial charge in [0, 0.05) is 25.3 Å². The quantitative estimate of drug-likeness (QED) is 0.893. The molecule has 1 atom stereocenters. The highest BCUT2D eigenvalue weighted by atomic mass is 16.5. The second kappa shape index (κ2) is 7.91. The van der Waals surface area contributed by atoms with Gasteiger partial charge in [0.1, 0.15) is 23.7 Å². The van der Waals surface area contributed by atoms with Crippen LogP contribution in [-0.4, -0.2) is 51.0 Å². The maximum Gasteiger partial charge on any atom is 0.272 e. The Morgan fingerprint density at radius 3 is 2.73 bits per heavy atom. The Morgan fingerprint density at radius 2 is 2.00 bits per heavy atom. The number of nitrogens with zero attached hydrogens (tertiary/aromatic N) is 3. The zero-order chi connectivity index (χ0) is 18.6. The molecule has 0 spiro atoms. The average molecular weight is 357 g/mol. The van der Waals surface area contributed by atoms with E-state index in [0.717, 1.165) is 12.2 Å².